The van der Waals surface area contributed by atoms with Crippen molar-refractivity contribution in [2.24, 2.45) is 0 Å². The number of esters is 1. The molecule has 1 atom stereocenters. The van der Waals surface area contributed by atoms with E-state index in [1.54, 1.807) is 0 Å². The molecule has 0 unspecified atom stereocenters. The second-order valence-electron chi connectivity index (χ2n) is 7.77. The molecule has 1 spiro atoms. The zero-order chi connectivity index (χ0) is 15.8. The number of rotatable bonds is 2. The van der Waals surface area contributed by atoms with Gasteiger partial charge >= 0.3 is 5.97 Å². The van der Waals surface area contributed by atoms with Crippen LogP contribution in [0.1, 0.15) is 59.3 Å². The maximum absolute atomic E-state index is 12.5. The van der Waals surface area contributed by atoms with Crippen LogP contribution < -0.4 is 0 Å². The number of nitrogens with zero attached hydrogens (tertiary/aromatic N) is 1. The van der Waals surface area contributed by atoms with Gasteiger partial charge in [0.25, 0.3) is 0 Å². The highest BCUT2D eigenvalue weighted by Gasteiger charge is 2.44. The fraction of sp³-hybridized carbons (Fsp3) is 0.941. The molecule has 3 rings (SSSR count). The van der Waals surface area contributed by atoms with Gasteiger partial charge in [-0.25, -0.2) is 0 Å². The summed E-state index contributed by atoms with van der Waals surface area (Å²) in [5, 5.41) is 0. The van der Waals surface area contributed by atoms with Crippen molar-refractivity contribution in [2.45, 2.75) is 82.8 Å². The van der Waals surface area contributed by atoms with E-state index in [9.17, 15) is 4.79 Å². The summed E-state index contributed by atoms with van der Waals surface area (Å²) in [6.07, 6.45) is 5.96. The number of ether oxygens (including phenoxy) is 3. The number of hydrogen-bond acceptors (Lipinski definition) is 5. The van der Waals surface area contributed by atoms with Gasteiger partial charge in [0.2, 0.25) is 0 Å². The van der Waals surface area contributed by atoms with Crippen molar-refractivity contribution in [3.8, 4) is 0 Å². The van der Waals surface area contributed by atoms with Crippen molar-refractivity contribution in [1.29, 1.82) is 0 Å². The Labute approximate surface area is 133 Å². The van der Waals surface area contributed by atoms with Crippen molar-refractivity contribution in [3.63, 3.8) is 0 Å². The molecule has 2 saturated heterocycles. The molecule has 3 aliphatic rings. The third-order valence-corrected chi connectivity index (χ3v) is 4.97. The lowest BCUT2D eigenvalue weighted by Gasteiger charge is -2.40. The van der Waals surface area contributed by atoms with E-state index in [2.05, 4.69) is 4.90 Å². The van der Waals surface area contributed by atoms with E-state index in [1.807, 2.05) is 20.8 Å². The lowest BCUT2D eigenvalue weighted by molar-refractivity contribution is -0.186. The van der Waals surface area contributed by atoms with Gasteiger partial charge in [0.15, 0.2) is 5.79 Å². The first-order valence-corrected chi connectivity index (χ1v) is 8.65. The Morgan fingerprint density at radius 3 is 2.36 bits per heavy atom. The highest BCUT2D eigenvalue weighted by atomic mass is 16.7. The standard InChI is InChI=1S/C17H29NO4/c1-16(2,3)22-15(19)14-5-4-10-18(14)13-6-8-17(9-7-13)20-11-12-21-17/h13-14H,4-12H2,1-3H3/t14-/m0/s1. The summed E-state index contributed by atoms with van der Waals surface area (Å²) in [5.74, 6) is -0.379. The van der Waals surface area contributed by atoms with Crippen molar-refractivity contribution in [3.05, 3.63) is 0 Å². The highest BCUT2D eigenvalue weighted by Crippen LogP contribution is 2.39. The average Bonchev–Trinajstić information content (AvgIpc) is 3.07. The maximum Gasteiger partial charge on any atom is 0.323 e. The number of carbonyl (C=O) groups is 1. The van der Waals surface area contributed by atoms with Gasteiger partial charge in [-0.15, -0.1) is 0 Å². The third-order valence-electron chi connectivity index (χ3n) is 4.97. The Morgan fingerprint density at radius 1 is 1.14 bits per heavy atom. The lowest BCUT2D eigenvalue weighted by Crippen LogP contribution is -2.49. The summed E-state index contributed by atoms with van der Waals surface area (Å²) in [6, 6.07) is 0.391. The molecule has 2 heterocycles. The summed E-state index contributed by atoms with van der Waals surface area (Å²) < 4.78 is 17.2. The number of likely N-dealkylation sites (tertiary alicyclic amines) is 1. The second-order valence-corrected chi connectivity index (χ2v) is 7.77. The quantitative estimate of drug-likeness (QED) is 0.733. The molecule has 0 amide bonds. The van der Waals surface area contributed by atoms with Gasteiger partial charge in [0.05, 0.1) is 13.2 Å². The molecule has 0 bridgehead atoms. The number of carbonyl (C=O) groups excluding carboxylic acids is 1. The molecule has 5 heteroatoms. The average molecular weight is 311 g/mol. The predicted octanol–water partition coefficient (Wildman–Crippen LogP) is 2.48. The molecular formula is C17H29NO4. The van der Waals surface area contributed by atoms with E-state index in [0.717, 1.165) is 58.3 Å². The molecule has 0 aromatic carbocycles. The molecule has 0 aromatic heterocycles. The number of hydrogen-bond donors (Lipinski definition) is 0. The zero-order valence-corrected chi connectivity index (χ0v) is 14.1. The first-order chi connectivity index (χ1) is 10.4. The molecule has 22 heavy (non-hydrogen) atoms. The predicted molar refractivity (Wildman–Crippen MR) is 82.5 cm³/mol. The molecule has 0 radical (unpaired) electrons. The van der Waals surface area contributed by atoms with Crippen LogP contribution >= 0.6 is 0 Å². The molecule has 0 aromatic rings. The van der Waals surface area contributed by atoms with Gasteiger partial charge in [0.1, 0.15) is 11.6 Å². The molecule has 1 saturated carbocycles. The fourth-order valence-electron chi connectivity index (χ4n) is 4.01. The Balaban J connectivity index is 1.58. The molecular weight excluding hydrogens is 282 g/mol. The molecule has 1 aliphatic carbocycles. The third kappa shape index (κ3) is 3.47. The maximum atomic E-state index is 12.5. The highest BCUT2D eigenvalue weighted by molar-refractivity contribution is 5.76. The Morgan fingerprint density at radius 2 is 1.77 bits per heavy atom. The van der Waals surface area contributed by atoms with E-state index in [-0.39, 0.29) is 17.8 Å². The lowest BCUT2D eigenvalue weighted by atomic mass is 9.88. The molecule has 2 aliphatic heterocycles. The monoisotopic (exact) mass is 311 g/mol. The second kappa shape index (κ2) is 6.10. The van der Waals surface area contributed by atoms with Crippen LogP contribution in [0.3, 0.4) is 0 Å². The smallest absolute Gasteiger partial charge is 0.323 e. The van der Waals surface area contributed by atoms with E-state index >= 15 is 0 Å². The summed E-state index contributed by atoms with van der Waals surface area (Å²) in [6.45, 7) is 8.24. The Bertz CT molecular complexity index is 401. The summed E-state index contributed by atoms with van der Waals surface area (Å²) in [5.41, 5.74) is -0.409. The molecule has 126 valence electrons. The SMILES string of the molecule is CC(C)(C)OC(=O)[C@@H]1CCCN1C1CCC2(CC1)OCCO2. The van der Waals surface area contributed by atoms with Crippen LogP contribution in [0.2, 0.25) is 0 Å². The molecule has 3 fully saturated rings. The van der Waals surface area contributed by atoms with Crippen LogP contribution in [-0.2, 0) is 19.0 Å². The zero-order valence-electron chi connectivity index (χ0n) is 14.1. The van der Waals surface area contributed by atoms with E-state index in [0.29, 0.717) is 6.04 Å². The van der Waals surface area contributed by atoms with E-state index in [1.165, 1.54) is 0 Å². The molecule has 0 N–H and O–H groups in total. The first-order valence-electron chi connectivity index (χ1n) is 8.65. The minimum atomic E-state index is -0.409. The van der Waals surface area contributed by atoms with Gasteiger partial charge in [-0.3, -0.25) is 9.69 Å². The minimum absolute atomic E-state index is 0.0568. The van der Waals surface area contributed by atoms with Crippen molar-refractivity contribution < 1.29 is 19.0 Å². The van der Waals surface area contributed by atoms with E-state index in [4.69, 9.17) is 14.2 Å². The van der Waals surface area contributed by atoms with Gasteiger partial charge < -0.3 is 14.2 Å². The van der Waals surface area contributed by atoms with Gasteiger partial charge in [-0.1, -0.05) is 0 Å². The Hall–Kier alpha value is -0.650. The van der Waals surface area contributed by atoms with Gasteiger partial charge in [-0.05, 0) is 53.0 Å². The summed E-state index contributed by atoms with van der Waals surface area (Å²) in [4.78, 5) is 14.8. The summed E-state index contributed by atoms with van der Waals surface area (Å²) in [7, 11) is 0. The van der Waals surface area contributed by atoms with Crippen molar-refractivity contribution in [1.82, 2.24) is 4.90 Å². The minimum Gasteiger partial charge on any atom is -0.459 e. The van der Waals surface area contributed by atoms with Gasteiger partial charge in [-0.2, -0.15) is 0 Å². The largest absolute Gasteiger partial charge is 0.459 e. The summed E-state index contributed by atoms with van der Waals surface area (Å²) >= 11 is 0. The van der Waals surface area contributed by atoms with Crippen molar-refractivity contribution in [2.75, 3.05) is 19.8 Å². The normalized spacial score (nSPS) is 30.0. The van der Waals surface area contributed by atoms with Gasteiger partial charge in [0, 0.05) is 18.9 Å². The van der Waals surface area contributed by atoms with Crippen LogP contribution in [0, 0.1) is 0 Å². The van der Waals surface area contributed by atoms with Crippen LogP contribution in [0.15, 0.2) is 0 Å². The van der Waals surface area contributed by atoms with E-state index < -0.39 is 5.60 Å². The van der Waals surface area contributed by atoms with Crippen LogP contribution in [-0.4, -0.2) is 54.1 Å². The van der Waals surface area contributed by atoms with Crippen LogP contribution in [0.4, 0.5) is 0 Å². The topological polar surface area (TPSA) is 48.0 Å². The van der Waals surface area contributed by atoms with Crippen LogP contribution in [0.5, 0.6) is 0 Å². The van der Waals surface area contributed by atoms with Crippen LogP contribution in [0.25, 0.3) is 0 Å². The molecule has 5 nitrogen and oxygen atoms in total. The fourth-order valence-corrected chi connectivity index (χ4v) is 4.01. The Kier molecular flexibility index (Phi) is 4.49. The first kappa shape index (κ1) is 16.2. The van der Waals surface area contributed by atoms with Crippen molar-refractivity contribution >= 4 is 5.97 Å².